The molecule has 2 saturated carbocycles. The highest BCUT2D eigenvalue weighted by Crippen LogP contribution is 2.47. The number of carbonyl (C=O) groups is 1. The molecule has 1 aromatic heterocycles. The van der Waals surface area contributed by atoms with Crippen molar-refractivity contribution in [3.8, 4) is 5.75 Å². The fraction of sp³-hybridized carbons (Fsp3) is 0.571. The Bertz CT molecular complexity index is 461. The lowest BCUT2D eigenvalue weighted by Gasteiger charge is -2.21. The van der Waals surface area contributed by atoms with Crippen molar-refractivity contribution in [1.29, 1.82) is 0 Å². The molecule has 18 heavy (non-hydrogen) atoms. The van der Waals surface area contributed by atoms with Gasteiger partial charge in [0.05, 0.1) is 0 Å². The fourth-order valence-corrected chi connectivity index (χ4v) is 3.51. The summed E-state index contributed by atoms with van der Waals surface area (Å²) in [6.07, 6.45) is 6.80. The Kier molecular flexibility index (Phi) is 2.94. The van der Waals surface area contributed by atoms with Crippen molar-refractivity contribution in [3.05, 3.63) is 24.0 Å². The van der Waals surface area contributed by atoms with Gasteiger partial charge < -0.3 is 10.4 Å². The van der Waals surface area contributed by atoms with E-state index >= 15 is 0 Å². The van der Waals surface area contributed by atoms with Crippen molar-refractivity contribution in [1.82, 2.24) is 10.3 Å². The molecular weight excluding hydrogens is 228 g/mol. The first-order valence-electron chi connectivity index (χ1n) is 6.66. The molecule has 1 amide bonds. The predicted octanol–water partition coefficient (Wildman–Crippen LogP) is 1.95. The summed E-state index contributed by atoms with van der Waals surface area (Å²) in [5.74, 6) is 1.99. The molecule has 2 bridgehead atoms. The highest BCUT2D eigenvalue weighted by atomic mass is 16.3. The molecule has 3 unspecified atom stereocenters. The maximum absolute atomic E-state index is 11.9. The Morgan fingerprint density at radius 1 is 1.44 bits per heavy atom. The van der Waals surface area contributed by atoms with Gasteiger partial charge in [-0.05, 0) is 49.1 Å². The van der Waals surface area contributed by atoms with Crippen molar-refractivity contribution >= 4 is 5.91 Å². The van der Waals surface area contributed by atoms with E-state index in [4.69, 9.17) is 0 Å². The van der Waals surface area contributed by atoms with Crippen LogP contribution in [0.2, 0.25) is 0 Å². The number of aromatic nitrogens is 1. The van der Waals surface area contributed by atoms with Crippen LogP contribution < -0.4 is 5.32 Å². The van der Waals surface area contributed by atoms with Gasteiger partial charge >= 0.3 is 0 Å². The van der Waals surface area contributed by atoms with E-state index in [1.54, 1.807) is 6.07 Å². The number of aromatic hydroxyl groups is 1. The van der Waals surface area contributed by atoms with Gasteiger partial charge in [0.25, 0.3) is 5.91 Å². The van der Waals surface area contributed by atoms with Crippen molar-refractivity contribution in [2.45, 2.75) is 25.7 Å². The van der Waals surface area contributed by atoms with Crippen LogP contribution in [0.25, 0.3) is 0 Å². The number of rotatable bonds is 3. The Labute approximate surface area is 106 Å². The van der Waals surface area contributed by atoms with Crippen LogP contribution >= 0.6 is 0 Å². The molecule has 0 aliphatic heterocycles. The molecule has 3 atom stereocenters. The predicted molar refractivity (Wildman–Crippen MR) is 67.2 cm³/mol. The summed E-state index contributed by atoms with van der Waals surface area (Å²) in [5, 5.41) is 12.5. The molecule has 0 radical (unpaired) electrons. The zero-order valence-corrected chi connectivity index (χ0v) is 10.3. The molecule has 96 valence electrons. The Morgan fingerprint density at radius 2 is 2.33 bits per heavy atom. The summed E-state index contributed by atoms with van der Waals surface area (Å²) in [6.45, 7) is 0.718. The van der Waals surface area contributed by atoms with Crippen LogP contribution in [0.4, 0.5) is 0 Å². The van der Waals surface area contributed by atoms with E-state index in [1.165, 1.54) is 37.9 Å². The maximum Gasteiger partial charge on any atom is 0.273 e. The highest BCUT2D eigenvalue weighted by molar-refractivity contribution is 5.94. The van der Waals surface area contributed by atoms with Gasteiger partial charge in [0.15, 0.2) is 5.69 Å². The first kappa shape index (κ1) is 11.5. The molecule has 1 heterocycles. The molecule has 4 nitrogen and oxygen atoms in total. The second-order valence-electron chi connectivity index (χ2n) is 5.52. The molecule has 2 aliphatic carbocycles. The van der Waals surface area contributed by atoms with Crippen molar-refractivity contribution < 1.29 is 9.90 Å². The number of nitrogens with one attached hydrogen (secondary N) is 1. The molecule has 0 saturated heterocycles. The third kappa shape index (κ3) is 2.07. The van der Waals surface area contributed by atoms with E-state index in [9.17, 15) is 9.90 Å². The summed E-state index contributed by atoms with van der Waals surface area (Å²) in [7, 11) is 0. The van der Waals surface area contributed by atoms with E-state index in [-0.39, 0.29) is 17.4 Å². The number of hydrogen-bond donors (Lipinski definition) is 2. The SMILES string of the molecule is O=C(NCC1CC2CCC1C2)c1ncccc1O. The number of fused-ring (bicyclic) bond motifs is 2. The summed E-state index contributed by atoms with van der Waals surface area (Å²) in [6, 6.07) is 3.10. The molecule has 2 aliphatic rings. The summed E-state index contributed by atoms with van der Waals surface area (Å²) in [4.78, 5) is 15.8. The Morgan fingerprint density at radius 3 is 3.00 bits per heavy atom. The van der Waals surface area contributed by atoms with Crippen molar-refractivity contribution in [2.24, 2.45) is 17.8 Å². The first-order valence-corrected chi connectivity index (χ1v) is 6.66. The number of amides is 1. The molecule has 1 aromatic rings. The normalized spacial score (nSPS) is 29.4. The van der Waals surface area contributed by atoms with Crippen LogP contribution in [0.3, 0.4) is 0 Å². The molecule has 2 N–H and O–H groups in total. The van der Waals surface area contributed by atoms with Gasteiger partial charge in [-0.25, -0.2) is 4.98 Å². The minimum absolute atomic E-state index is 0.0528. The van der Waals surface area contributed by atoms with Crippen LogP contribution in [0.5, 0.6) is 5.75 Å². The largest absolute Gasteiger partial charge is 0.505 e. The lowest BCUT2D eigenvalue weighted by molar-refractivity contribution is 0.0934. The van der Waals surface area contributed by atoms with Gasteiger partial charge in [-0.3, -0.25) is 4.79 Å². The molecule has 3 rings (SSSR count). The minimum Gasteiger partial charge on any atom is -0.505 e. The van der Waals surface area contributed by atoms with Crippen LogP contribution in [-0.2, 0) is 0 Å². The number of pyridine rings is 1. The van der Waals surface area contributed by atoms with Crippen molar-refractivity contribution in [2.75, 3.05) is 6.54 Å². The zero-order valence-electron chi connectivity index (χ0n) is 10.3. The molecule has 2 fully saturated rings. The molecule has 0 aromatic carbocycles. The van der Waals surface area contributed by atoms with Crippen LogP contribution in [-0.4, -0.2) is 22.5 Å². The summed E-state index contributed by atoms with van der Waals surface area (Å²) >= 11 is 0. The molecule has 0 spiro atoms. The molecular formula is C14H18N2O2. The van der Waals surface area contributed by atoms with Crippen LogP contribution in [0.15, 0.2) is 18.3 Å². The lowest BCUT2D eigenvalue weighted by Crippen LogP contribution is -2.32. The summed E-state index contributed by atoms with van der Waals surface area (Å²) < 4.78 is 0. The molecule has 4 heteroatoms. The van der Waals surface area contributed by atoms with Gasteiger partial charge in [-0.15, -0.1) is 0 Å². The van der Waals surface area contributed by atoms with Gasteiger partial charge in [-0.2, -0.15) is 0 Å². The fourth-order valence-electron chi connectivity index (χ4n) is 3.51. The van der Waals surface area contributed by atoms with E-state index < -0.39 is 0 Å². The average molecular weight is 246 g/mol. The smallest absolute Gasteiger partial charge is 0.273 e. The second-order valence-corrected chi connectivity index (χ2v) is 5.52. The van der Waals surface area contributed by atoms with Crippen LogP contribution in [0.1, 0.15) is 36.2 Å². The Hall–Kier alpha value is -1.58. The minimum atomic E-state index is -0.268. The van der Waals surface area contributed by atoms with E-state index in [2.05, 4.69) is 10.3 Å². The van der Waals surface area contributed by atoms with Gasteiger partial charge in [0, 0.05) is 12.7 Å². The standard InChI is InChI=1S/C14H18N2O2/c17-12-2-1-5-15-13(12)14(18)16-8-11-7-9-3-4-10(11)6-9/h1-2,5,9-11,17H,3-4,6-8H2,(H,16,18). The van der Waals surface area contributed by atoms with Gasteiger partial charge in [0.1, 0.15) is 5.75 Å². The quantitative estimate of drug-likeness (QED) is 0.857. The zero-order chi connectivity index (χ0) is 12.5. The van der Waals surface area contributed by atoms with E-state index in [1.807, 2.05) is 0 Å². The lowest BCUT2D eigenvalue weighted by atomic mass is 9.89. The van der Waals surface area contributed by atoms with Gasteiger partial charge in [-0.1, -0.05) is 6.42 Å². The first-order chi connectivity index (χ1) is 8.74. The average Bonchev–Trinajstić information content (AvgIpc) is 2.98. The third-order valence-electron chi connectivity index (χ3n) is 4.41. The summed E-state index contributed by atoms with van der Waals surface area (Å²) in [5.41, 5.74) is 0.126. The Balaban J connectivity index is 1.57. The third-order valence-corrected chi connectivity index (χ3v) is 4.41. The van der Waals surface area contributed by atoms with E-state index in [0.717, 1.165) is 18.4 Å². The van der Waals surface area contributed by atoms with Crippen LogP contribution in [0, 0.1) is 17.8 Å². The number of hydrogen-bond acceptors (Lipinski definition) is 3. The van der Waals surface area contributed by atoms with Crippen molar-refractivity contribution in [3.63, 3.8) is 0 Å². The second kappa shape index (κ2) is 4.59. The number of carbonyl (C=O) groups excluding carboxylic acids is 1. The topological polar surface area (TPSA) is 62.2 Å². The monoisotopic (exact) mass is 246 g/mol. The van der Waals surface area contributed by atoms with Gasteiger partial charge in [0.2, 0.25) is 0 Å². The highest BCUT2D eigenvalue weighted by Gasteiger charge is 2.39. The maximum atomic E-state index is 11.9. The number of nitrogens with zero attached hydrogens (tertiary/aromatic N) is 1. The van der Waals surface area contributed by atoms with E-state index in [0.29, 0.717) is 5.92 Å².